The van der Waals surface area contributed by atoms with Gasteiger partial charge in [-0.2, -0.15) is 0 Å². The normalized spacial score (nSPS) is 12.3. The number of nitrogens with zero attached hydrogens (tertiary/aromatic N) is 1. The van der Waals surface area contributed by atoms with Crippen molar-refractivity contribution in [2.24, 2.45) is 16.3 Å². The fraction of sp³-hybridized carbons (Fsp3) is 0.385. The van der Waals surface area contributed by atoms with Gasteiger partial charge in [0.15, 0.2) is 5.84 Å². The zero-order chi connectivity index (χ0) is 15.3. The maximum atomic E-state index is 13.6. The average molecular weight is 302 g/mol. The lowest BCUT2D eigenvalue weighted by Crippen LogP contribution is -2.46. The zero-order valence-corrected chi connectivity index (χ0v) is 12.0. The summed E-state index contributed by atoms with van der Waals surface area (Å²) in [6.45, 7) is 3.46. The predicted octanol–water partition coefficient (Wildman–Crippen LogP) is 2.97. The molecule has 0 saturated heterocycles. The van der Waals surface area contributed by atoms with Gasteiger partial charge in [-0.25, -0.2) is 4.39 Å². The number of carbonyl (C=O) groups is 1. The summed E-state index contributed by atoms with van der Waals surface area (Å²) in [4.78, 5) is 12.4. The SMILES string of the molecule is CCC(CC)(C(=O)Nc1cc(Cl)ccc1F)C(N)=NO. The first kappa shape index (κ1) is 16.2. The fourth-order valence-corrected chi connectivity index (χ4v) is 2.15. The van der Waals surface area contributed by atoms with Gasteiger partial charge >= 0.3 is 0 Å². The number of nitrogens with one attached hydrogen (secondary N) is 1. The average Bonchev–Trinajstić information content (AvgIpc) is 2.44. The summed E-state index contributed by atoms with van der Waals surface area (Å²) < 4.78 is 13.6. The molecular weight excluding hydrogens is 285 g/mol. The minimum absolute atomic E-state index is 0.0421. The number of amidine groups is 1. The molecule has 0 aliphatic heterocycles. The second kappa shape index (κ2) is 6.56. The Morgan fingerprint density at radius 1 is 1.50 bits per heavy atom. The molecule has 0 bridgehead atoms. The maximum absolute atomic E-state index is 13.6. The van der Waals surface area contributed by atoms with Gasteiger partial charge in [-0.05, 0) is 31.0 Å². The molecule has 0 aliphatic carbocycles. The molecule has 0 spiro atoms. The van der Waals surface area contributed by atoms with Gasteiger partial charge in [-0.1, -0.05) is 30.6 Å². The Labute approximate surface area is 121 Å². The second-order valence-electron chi connectivity index (χ2n) is 4.35. The van der Waals surface area contributed by atoms with E-state index in [0.717, 1.165) is 6.07 Å². The van der Waals surface area contributed by atoms with E-state index in [2.05, 4.69) is 10.5 Å². The van der Waals surface area contributed by atoms with Crippen LogP contribution in [-0.2, 0) is 4.79 Å². The third-order valence-electron chi connectivity index (χ3n) is 3.42. The third-order valence-corrected chi connectivity index (χ3v) is 3.65. The van der Waals surface area contributed by atoms with Crippen LogP contribution in [0.5, 0.6) is 0 Å². The van der Waals surface area contributed by atoms with E-state index in [-0.39, 0.29) is 11.5 Å². The van der Waals surface area contributed by atoms with Gasteiger partial charge < -0.3 is 16.3 Å². The van der Waals surface area contributed by atoms with Crippen LogP contribution in [0.2, 0.25) is 5.02 Å². The Balaban J connectivity index is 3.12. The summed E-state index contributed by atoms with van der Waals surface area (Å²) in [6.07, 6.45) is 0.626. The largest absolute Gasteiger partial charge is 0.409 e. The van der Waals surface area contributed by atoms with Crippen molar-refractivity contribution < 1.29 is 14.4 Å². The summed E-state index contributed by atoms with van der Waals surface area (Å²) in [5.41, 5.74) is 4.38. The summed E-state index contributed by atoms with van der Waals surface area (Å²) in [6, 6.07) is 3.83. The van der Waals surface area contributed by atoms with E-state index in [1.54, 1.807) is 13.8 Å². The minimum atomic E-state index is -1.19. The molecule has 0 atom stereocenters. The molecule has 1 rings (SSSR count). The molecule has 5 nitrogen and oxygen atoms in total. The molecule has 0 aromatic heterocycles. The molecular formula is C13H17ClFN3O2. The molecule has 1 aromatic carbocycles. The maximum Gasteiger partial charge on any atom is 0.238 e. The van der Waals surface area contributed by atoms with E-state index in [9.17, 15) is 9.18 Å². The first-order valence-corrected chi connectivity index (χ1v) is 6.53. The fourth-order valence-electron chi connectivity index (χ4n) is 1.98. The lowest BCUT2D eigenvalue weighted by molar-refractivity contribution is -0.122. The Morgan fingerprint density at radius 2 is 2.10 bits per heavy atom. The van der Waals surface area contributed by atoms with E-state index in [0.29, 0.717) is 17.9 Å². The van der Waals surface area contributed by atoms with Crippen LogP contribution in [0.3, 0.4) is 0 Å². The van der Waals surface area contributed by atoms with Crippen LogP contribution in [0.4, 0.5) is 10.1 Å². The molecule has 1 aromatic rings. The molecule has 20 heavy (non-hydrogen) atoms. The van der Waals surface area contributed by atoms with Crippen LogP contribution in [0.15, 0.2) is 23.4 Å². The molecule has 110 valence electrons. The van der Waals surface area contributed by atoms with Crippen molar-refractivity contribution in [1.29, 1.82) is 0 Å². The van der Waals surface area contributed by atoms with Gasteiger partial charge in [0.05, 0.1) is 5.69 Å². The van der Waals surface area contributed by atoms with Crippen molar-refractivity contribution in [2.45, 2.75) is 26.7 Å². The molecule has 0 heterocycles. The third kappa shape index (κ3) is 3.01. The van der Waals surface area contributed by atoms with Crippen molar-refractivity contribution in [3.63, 3.8) is 0 Å². The van der Waals surface area contributed by atoms with Crippen molar-refractivity contribution in [1.82, 2.24) is 0 Å². The number of carbonyl (C=O) groups excluding carboxylic acids is 1. The van der Waals surface area contributed by atoms with E-state index in [1.807, 2.05) is 0 Å². The number of nitrogens with two attached hydrogens (primary N) is 1. The number of oxime groups is 1. The number of rotatable bonds is 5. The van der Waals surface area contributed by atoms with Gasteiger partial charge in [-0.15, -0.1) is 0 Å². The van der Waals surface area contributed by atoms with Gasteiger partial charge in [-0.3, -0.25) is 4.79 Å². The van der Waals surface area contributed by atoms with Crippen LogP contribution in [-0.4, -0.2) is 17.0 Å². The molecule has 1 amide bonds. The first-order chi connectivity index (χ1) is 9.41. The number of halogens is 2. The lowest BCUT2D eigenvalue weighted by atomic mass is 9.80. The lowest BCUT2D eigenvalue weighted by Gasteiger charge is -2.28. The van der Waals surface area contributed by atoms with Crippen LogP contribution < -0.4 is 11.1 Å². The second-order valence-corrected chi connectivity index (χ2v) is 4.79. The van der Waals surface area contributed by atoms with Crippen molar-refractivity contribution in [3.05, 3.63) is 29.0 Å². The molecule has 0 aliphatic rings. The Morgan fingerprint density at radius 3 is 2.60 bits per heavy atom. The van der Waals surface area contributed by atoms with E-state index < -0.39 is 17.1 Å². The Hall–Kier alpha value is -1.82. The molecule has 0 radical (unpaired) electrons. The van der Waals surface area contributed by atoms with Crippen molar-refractivity contribution in [2.75, 3.05) is 5.32 Å². The standard InChI is InChI=1S/C13H17ClFN3O2/c1-3-13(4-2,11(16)18-20)12(19)17-10-7-8(14)5-6-9(10)15/h5-7,20H,3-4H2,1-2H3,(H2,16,18)(H,17,19). The van der Waals surface area contributed by atoms with Crippen LogP contribution in [0.25, 0.3) is 0 Å². The quantitative estimate of drug-likeness (QED) is 0.338. The number of hydrogen-bond donors (Lipinski definition) is 3. The highest BCUT2D eigenvalue weighted by Gasteiger charge is 2.40. The van der Waals surface area contributed by atoms with E-state index in [4.69, 9.17) is 22.5 Å². The van der Waals surface area contributed by atoms with Crippen LogP contribution in [0, 0.1) is 11.2 Å². The minimum Gasteiger partial charge on any atom is -0.409 e. The van der Waals surface area contributed by atoms with Gasteiger partial charge in [0.2, 0.25) is 5.91 Å². The molecule has 7 heteroatoms. The summed E-state index contributed by atoms with van der Waals surface area (Å²) in [5, 5.41) is 14.5. The van der Waals surface area contributed by atoms with E-state index >= 15 is 0 Å². The summed E-state index contributed by atoms with van der Waals surface area (Å²) >= 11 is 5.77. The Kier molecular flexibility index (Phi) is 5.33. The smallest absolute Gasteiger partial charge is 0.238 e. The zero-order valence-electron chi connectivity index (χ0n) is 11.3. The number of hydrogen-bond acceptors (Lipinski definition) is 3. The molecule has 0 fully saturated rings. The van der Waals surface area contributed by atoms with E-state index in [1.165, 1.54) is 12.1 Å². The number of benzene rings is 1. The summed E-state index contributed by atoms with van der Waals surface area (Å²) in [7, 11) is 0. The number of amides is 1. The molecule has 0 saturated carbocycles. The highest BCUT2D eigenvalue weighted by Crippen LogP contribution is 2.30. The van der Waals surface area contributed by atoms with Gasteiger partial charge in [0.1, 0.15) is 11.2 Å². The van der Waals surface area contributed by atoms with Crippen molar-refractivity contribution in [3.8, 4) is 0 Å². The highest BCUT2D eigenvalue weighted by molar-refractivity contribution is 6.31. The highest BCUT2D eigenvalue weighted by atomic mass is 35.5. The first-order valence-electron chi connectivity index (χ1n) is 6.15. The predicted molar refractivity (Wildman–Crippen MR) is 76.5 cm³/mol. The number of anilines is 1. The van der Waals surface area contributed by atoms with Crippen molar-refractivity contribution >= 4 is 29.0 Å². The monoisotopic (exact) mass is 301 g/mol. The molecule has 0 unspecified atom stereocenters. The molecule has 4 N–H and O–H groups in total. The van der Waals surface area contributed by atoms with Gasteiger partial charge in [0.25, 0.3) is 0 Å². The van der Waals surface area contributed by atoms with Gasteiger partial charge in [0, 0.05) is 5.02 Å². The van der Waals surface area contributed by atoms with Crippen LogP contribution >= 0.6 is 11.6 Å². The van der Waals surface area contributed by atoms with Crippen LogP contribution in [0.1, 0.15) is 26.7 Å². The summed E-state index contributed by atoms with van der Waals surface area (Å²) in [5.74, 6) is -1.36. The topological polar surface area (TPSA) is 87.7 Å². The Bertz CT molecular complexity index is 530.